The van der Waals surface area contributed by atoms with Gasteiger partial charge in [0.2, 0.25) is 5.91 Å². The molecule has 0 spiro atoms. The van der Waals surface area contributed by atoms with Crippen LogP contribution in [0.5, 0.6) is 0 Å². The van der Waals surface area contributed by atoms with E-state index in [1.165, 1.54) is 11.3 Å². The molecule has 116 valence electrons. The Balaban J connectivity index is 1.91. The molecule has 1 aliphatic rings. The summed E-state index contributed by atoms with van der Waals surface area (Å²) in [6.45, 7) is 6.53. The quantitative estimate of drug-likeness (QED) is 0.911. The number of thiazole rings is 1. The van der Waals surface area contributed by atoms with Crippen LogP contribution in [0.4, 0.5) is 9.93 Å². The van der Waals surface area contributed by atoms with Crippen LogP contribution in [-0.4, -0.2) is 40.6 Å². The molecule has 2 heterocycles. The number of carbonyl (C=O) groups is 2. The molecule has 1 fully saturated rings. The number of piperidine rings is 1. The number of rotatable bonds is 2. The van der Waals surface area contributed by atoms with Gasteiger partial charge >= 0.3 is 6.09 Å². The Morgan fingerprint density at radius 1 is 1.48 bits per heavy atom. The number of aromatic nitrogens is 1. The molecule has 1 saturated heterocycles. The Hall–Kier alpha value is -1.63. The van der Waals surface area contributed by atoms with E-state index in [1.807, 2.05) is 26.2 Å². The Labute approximate surface area is 128 Å². The lowest BCUT2D eigenvalue weighted by Crippen LogP contribution is -2.45. The van der Waals surface area contributed by atoms with Crippen LogP contribution in [0.2, 0.25) is 0 Å². The third-order valence-corrected chi connectivity index (χ3v) is 3.79. The van der Waals surface area contributed by atoms with Crippen molar-refractivity contribution < 1.29 is 14.3 Å². The average molecular weight is 311 g/mol. The van der Waals surface area contributed by atoms with Crippen molar-refractivity contribution in [1.29, 1.82) is 0 Å². The van der Waals surface area contributed by atoms with E-state index in [0.29, 0.717) is 18.2 Å². The van der Waals surface area contributed by atoms with Gasteiger partial charge in [0.25, 0.3) is 0 Å². The van der Waals surface area contributed by atoms with Crippen LogP contribution in [-0.2, 0) is 9.53 Å². The van der Waals surface area contributed by atoms with Gasteiger partial charge in [-0.2, -0.15) is 0 Å². The first-order valence-electron chi connectivity index (χ1n) is 7.03. The fraction of sp³-hybridized carbons (Fsp3) is 0.643. The maximum absolute atomic E-state index is 12.2. The molecule has 0 radical (unpaired) electrons. The van der Waals surface area contributed by atoms with Crippen LogP contribution in [0.15, 0.2) is 11.6 Å². The molecule has 21 heavy (non-hydrogen) atoms. The summed E-state index contributed by atoms with van der Waals surface area (Å²) in [4.78, 5) is 29.9. The minimum absolute atomic E-state index is 0.0850. The summed E-state index contributed by atoms with van der Waals surface area (Å²) >= 11 is 1.38. The standard InChI is InChI=1S/C14H21N3O3S/c1-14(2,3)20-13(19)17-7-4-5-10(9-17)11(18)16-12-15-6-8-21-12/h6,8,10H,4-5,7,9H2,1-3H3,(H,15,16,18)/t10-/m1/s1. The molecular formula is C14H21N3O3S. The largest absolute Gasteiger partial charge is 0.444 e. The molecule has 7 heteroatoms. The van der Waals surface area contributed by atoms with Crippen molar-refractivity contribution in [1.82, 2.24) is 9.88 Å². The number of hydrogen-bond donors (Lipinski definition) is 1. The maximum atomic E-state index is 12.2. The number of amides is 2. The van der Waals surface area contributed by atoms with E-state index in [-0.39, 0.29) is 17.9 Å². The highest BCUT2D eigenvalue weighted by molar-refractivity contribution is 7.13. The van der Waals surface area contributed by atoms with E-state index >= 15 is 0 Å². The zero-order chi connectivity index (χ0) is 15.5. The highest BCUT2D eigenvalue weighted by Gasteiger charge is 2.31. The summed E-state index contributed by atoms with van der Waals surface area (Å²) in [5.41, 5.74) is -0.521. The molecule has 1 atom stereocenters. The minimum Gasteiger partial charge on any atom is -0.444 e. The molecule has 2 amide bonds. The van der Waals surface area contributed by atoms with Gasteiger partial charge in [0, 0.05) is 24.7 Å². The van der Waals surface area contributed by atoms with E-state index in [0.717, 1.165) is 12.8 Å². The van der Waals surface area contributed by atoms with E-state index in [1.54, 1.807) is 11.1 Å². The van der Waals surface area contributed by atoms with Crippen molar-refractivity contribution in [2.75, 3.05) is 18.4 Å². The van der Waals surface area contributed by atoms with Gasteiger partial charge in [-0.25, -0.2) is 9.78 Å². The predicted molar refractivity (Wildman–Crippen MR) is 81.3 cm³/mol. The molecule has 1 N–H and O–H groups in total. The lowest BCUT2D eigenvalue weighted by atomic mass is 9.97. The van der Waals surface area contributed by atoms with Gasteiger partial charge in [0.1, 0.15) is 5.60 Å². The number of carbonyl (C=O) groups excluding carboxylic acids is 2. The van der Waals surface area contributed by atoms with Crippen LogP contribution >= 0.6 is 11.3 Å². The topological polar surface area (TPSA) is 71.5 Å². The van der Waals surface area contributed by atoms with E-state index < -0.39 is 5.60 Å². The highest BCUT2D eigenvalue weighted by Crippen LogP contribution is 2.21. The fourth-order valence-electron chi connectivity index (χ4n) is 2.18. The summed E-state index contributed by atoms with van der Waals surface area (Å²) in [5.74, 6) is -0.298. The minimum atomic E-state index is -0.521. The molecule has 0 bridgehead atoms. The number of nitrogens with one attached hydrogen (secondary N) is 1. The first-order chi connectivity index (χ1) is 9.85. The molecule has 0 saturated carbocycles. The van der Waals surface area contributed by atoms with Crippen LogP contribution in [0.3, 0.4) is 0 Å². The van der Waals surface area contributed by atoms with Crippen LogP contribution < -0.4 is 5.32 Å². The predicted octanol–water partition coefficient (Wildman–Crippen LogP) is 2.73. The lowest BCUT2D eigenvalue weighted by molar-refractivity contribution is -0.121. The molecule has 1 aliphatic heterocycles. The van der Waals surface area contributed by atoms with E-state index in [4.69, 9.17) is 4.74 Å². The number of ether oxygens (including phenoxy) is 1. The number of hydrogen-bond acceptors (Lipinski definition) is 5. The third kappa shape index (κ3) is 4.70. The van der Waals surface area contributed by atoms with Crippen molar-refractivity contribution in [2.45, 2.75) is 39.2 Å². The smallest absolute Gasteiger partial charge is 0.410 e. The van der Waals surface area contributed by atoms with Gasteiger partial charge in [-0.3, -0.25) is 4.79 Å². The Kier molecular flexibility index (Phi) is 4.82. The molecule has 6 nitrogen and oxygen atoms in total. The second kappa shape index (κ2) is 6.43. The van der Waals surface area contributed by atoms with Gasteiger partial charge in [0.05, 0.1) is 5.92 Å². The van der Waals surface area contributed by atoms with Gasteiger partial charge in [-0.05, 0) is 33.6 Å². The maximum Gasteiger partial charge on any atom is 0.410 e. The van der Waals surface area contributed by atoms with Crippen molar-refractivity contribution in [3.63, 3.8) is 0 Å². The molecule has 1 aromatic rings. The molecule has 0 aliphatic carbocycles. The number of anilines is 1. The van der Waals surface area contributed by atoms with Gasteiger partial charge in [0.15, 0.2) is 5.13 Å². The monoisotopic (exact) mass is 311 g/mol. The molecule has 0 aromatic carbocycles. The SMILES string of the molecule is CC(C)(C)OC(=O)N1CCC[C@@H](C(=O)Nc2nccs2)C1. The summed E-state index contributed by atoms with van der Waals surface area (Å²) in [7, 11) is 0. The first-order valence-corrected chi connectivity index (χ1v) is 7.91. The van der Waals surface area contributed by atoms with E-state index in [9.17, 15) is 9.59 Å². The second-order valence-electron chi connectivity index (χ2n) is 6.09. The van der Waals surface area contributed by atoms with Crippen LogP contribution in [0.25, 0.3) is 0 Å². The lowest BCUT2D eigenvalue weighted by Gasteiger charge is -2.33. The zero-order valence-electron chi connectivity index (χ0n) is 12.6. The summed E-state index contributed by atoms with van der Waals surface area (Å²) in [5, 5.41) is 5.19. The Bertz CT molecular complexity index is 496. The van der Waals surface area contributed by atoms with Crippen LogP contribution in [0, 0.1) is 5.92 Å². The van der Waals surface area contributed by atoms with Gasteiger partial charge in [-0.15, -0.1) is 11.3 Å². The highest BCUT2D eigenvalue weighted by atomic mass is 32.1. The van der Waals surface area contributed by atoms with Gasteiger partial charge < -0.3 is 15.0 Å². The molecule has 1 aromatic heterocycles. The zero-order valence-corrected chi connectivity index (χ0v) is 13.4. The Morgan fingerprint density at radius 2 is 2.24 bits per heavy atom. The molecule has 0 unspecified atom stereocenters. The van der Waals surface area contributed by atoms with Gasteiger partial charge in [-0.1, -0.05) is 0 Å². The second-order valence-corrected chi connectivity index (χ2v) is 6.99. The van der Waals surface area contributed by atoms with Crippen molar-refractivity contribution in [3.05, 3.63) is 11.6 Å². The van der Waals surface area contributed by atoms with Crippen LogP contribution in [0.1, 0.15) is 33.6 Å². The van der Waals surface area contributed by atoms with E-state index in [2.05, 4.69) is 10.3 Å². The molecular weight excluding hydrogens is 290 g/mol. The van der Waals surface area contributed by atoms with Crippen molar-refractivity contribution in [3.8, 4) is 0 Å². The van der Waals surface area contributed by atoms with Crippen molar-refractivity contribution >= 4 is 28.5 Å². The Morgan fingerprint density at radius 3 is 2.86 bits per heavy atom. The fourth-order valence-corrected chi connectivity index (χ4v) is 2.71. The van der Waals surface area contributed by atoms with Crippen molar-refractivity contribution in [2.24, 2.45) is 5.92 Å². The number of likely N-dealkylation sites (tertiary alicyclic amines) is 1. The normalized spacial score (nSPS) is 19.2. The first kappa shape index (κ1) is 15.8. The summed E-state index contributed by atoms with van der Waals surface area (Å²) in [6, 6.07) is 0. The number of nitrogens with zero attached hydrogens (tertiary/aromatic N) is 2. The average Bonchev–Trinajstić information content (AvgIpc) is 2.90. The third-order valence-electron chi connectivity index (χ3n) is 3.11. The molecule has 2 rings (SSSR count). The summed E-state index contributed by atoms with van der Waals surface area (Å²) < 4.78 is 5.36. The summed E-state index contributed by atoms with van der Waals surface area (Å²) in [6.07, 6.45) is 2.87.